The number of carbonyl (C=O) groups excluding carboxylic acids is 1. The van der Waals surface area contributed by atoms with Crippen molar-refractivity contribution in [3.05, 3.63) is 35.4 Å². The van der Waals surface area contributed by atoms with E-state index in [0.29, 0.717) is 13.0 Å². The molecule has 0 heterocycles. The number of rotatable bonds is 4. The number of nitrogens with two attached hydrogens (primary N) is 1. The second kappa shape index (κ2) is 6.20. The van der Waals surface area contributed by atoms with Crippen molar-refractivity contribution in [3.63, 3.8) is 0 Å². The van der Waals surface area contributed by atoms with Crippen LogP contribution in [0.4, 0.5) is 0 Å². The summed E-state index contributed by atoms with van der Waals surface area (Å²) in [5.74, 6) is 0.0738. The minimum atomic E-state index is -0.181. The maximum absolute atomic E-state index is 12.0. The monoisotopic (exact) mass is 260 g/mol. The van der Waals surface area contributed by atoms with Gasteiger partial charge in [-0.3, -0.25) is 4.79 Å². The van der Waals surface area contributed by atoms with Gasteiger partial charge < -0.3 is 11.1 Å². The Labute approximate surface area is 115 Å². The van der Waals surface area contributed by atoms with Gasteiger partial charge in [-0.05, 0) is 30.9 Å². The summed E-state index contributed by atoms with van der Waals surface area (Å²) < 4.78 is 0. The van der Waals surface area contributed by atoms with Crippen LogP contribution in [0.2, 0.25) is 0 Å². The Morgan fingerprint density at radius 3 is 2.63 bits per heavy atom. The summed E-state index contributed by atoms with van der Waals surface area (Å²) in [5.41, 5.74) is 8.39. The molecule has 1 aliphatic rings. The van der Waals surface area contributed by atoms with Crippen LogP contribution >= 0.6 is 0 Å². The van der Waals surface area contributed by atoms with Crippen molar-refractivity contribution in [2.45, 2.75) is 51.0 Å². The molecule has 3 N–H and O–H groups in total. The quantitative estimate of drug-likeness (QED) is 0.873. The lowest BCUT2D eigenvalue weighted by molar-refractivity contribution is -0.120. The third kappa shape index (κ3) is 4.06. The number of amides is 1. The topological polar surface area (TPSA) is 55.1 Å². The molecule has 19 heavy (non-hydrogen) atoms. The van der Waals surface area contributed by atoms with Crippen molar-refractivity contribution < 1.29 is 4.79 Å². The van der Waals surface area contributed by atoms with E-state index < -0.39 is 0 Å². The van der Waals surface area contributed by atoms with E-state index in [1.165, 1.54) is 19.3 Å². The van der Waals surface area contributed by atoms with E-state index in [1.807, 2.05) is 31.2 Å². The van der Waals surface area contributed by atoms with E-state index in [9.17, 15) is 4.79 Å². The minimum Gasteiger partial charge on any atom is -0.354 e. The summed E-state index contributed by atoms with van der Waals surface area (Å²) >= 11 is 0. The largest absolute Gasteiger partial charge is 0.354 e. The molecule has 0 unspecified atom stereocenters. The molecule has 104 valence electrons. The first kappa shape index (κ1) is 14.1. The zero-order valence-electron chi connectivity index (χ0n) is 11.7. The molecule has 0 aliphatic heterocycles. The Morgan fingerprint density at radius 1 is 1.26 bits per heavy atom. The van der Waals surface area contributed by atoms with E-state index in [1.54, 1.807) is 0 Å². The van der Waals surface area contributed by atoms with Crippen molar-refractivity contribution in [2.24, 2.45) is 5.73 Å². The van der Waals surface area contributed by atoms with Crippen molar-refractivity contribution in [2.75, 3.05) is 6.54 Å². The predicted octanol–water partition coefficient (Wildman–Crippen LogP) is 2.32. The predicted molar refractivity (Wildman–Crippen MR) is 77.9 cm³/mol. The molecule has 1 aliphatic carbocycles. The molecule has 3 heteroatoms. The van der Waals surface area contributed by atoms with Gasteiger partial charge >= 0.3 is 0 Å². The molecule has 1 fully saturated rings. The lowest BCUT2D eigenvalue weighted by Crippen LogP contribution is -2.51. The third-order valence-electron chi connectivity index (χ3n) is 4.10. The molecular weight excluding hydrogens is 236 g/mol. The zero-order chi connectivity index (χ0) is 13.7. The van der Waals surface area contributed by atoms with Crippen molar-refractivity contribution >= 4 is 5.91 Å². The molecule has 1 amide bonds. The summed E-state index contributed by atoms with van der Waals surface area (Å²) in [6.07, 6.45) is 6.14. The Hall–Kier alpha value is -1.35. The van der Waals surface area contributed by atoms with E-state index in [0.717, 1.165) is 24.0 Å². The Kier molecular flexibility index (Phi) is 4.59. The Morgan fingerprint density at radius 2 is 1.95 bits per heavy atom. The lowest BCUT2D eigenvalue weighted by Gasteiger charge is -2.33. The highest BCUT2D eigenvalue weighted by atomic mass is 16.1. The van der Waals surface area contributed by atoms with E-state index >= 15 is 0 Å². The molecule has 1 aromatic rings. The van der Waals surface area contributed by atoms with Crippen LogP contribution < -0.4 is 11.1 Å². The second-order valence-electron chi connectivity index (χ2n) is 5.80. The molecule has 0 saturated heterocycles. The molecule has 0 radical (unpaired) electrons. The molecular formula is C16H24N2O. The molecule has 0 bridgehead atoms. The van der Waals surface area contributed by atoms with Gasteiger partial charge in [0.1, 0.15) is 0 Å². The maximum Gasteiger partial charge on any atom is 0.224 e. The lowest BCUT2D eigenvalue weighted by atomic mass is 9.82. The van der Waals surface area contributed by atoms with Gasteiger partial charge in [0.25, 0.3) is 0 Å². The molecule has 2 rings (SSSR count). The van der Waals surface area contributed by atoms with Gasteiger partial charge in [0.05, 0.1) is 6.42 Å². The van der Waals surface area contributed by atoms with E-state index in [-0.39, 0.29) is 11.4 Å². The minimum absolute atomic E-state index is 0.0738. The number of aryl methyl sites for hydroxylation is 1. The fourth-order valence-electron chi connectivity index (χ4n) is 2.75. The number of nitrogens with one attached hydrogen (secondary N) is 1. The number of hydrogen-bond acceptors (Lipinski definition) is 2. The highest BCUT2D eigenvalue weighted by Crippen LogP contribution is 2.25. The van der Waals surface area contributed by atoms with Crippen LogP contribution in [0.5, 0.6) is 0 Å². The maximum atomic E-state index is 12.0. The van der Waals surface area contributed by atoms with Crippen molar-refractivity contribution in [1.29, 1.82) is 0 Å². The fourth-order valence-corrected chi connectivity index (χ4v) is 2.75. The Bertz CT molecular complexity index is 436. The van der Waals surface area contributed by atoms with Gasteiger partial charge in [0, 0.05) is 12.1 Å². The Balaban J connectivity index is 1.83. The normalized spacial score (nSPS) is 18.0. The molecule has 0 atom stereocenters. The van der Waals surface area contributed by atoms with E-state index in [4.69, 9.17) is 5.73 Å². The average Bonchev–Trinajstić information content (AvgIpc) is 2.40. The summed E-state index contributed by atoms with van der Waals surface area (Å²) in [5, 5.41) is 3.00. The van der Waals surface area contributed by atoms with E-state index in [2.05, 4.69) is 5.32 Å². The van der Waals surface area contributed by atoms with Gasteiger partial charge in [-0.1, -0.05) is 43.5 Å². The number of hydrogen-bond donors (Lipinski definition) is 2. The van der Waals surface area contributed by atoms with Crippen molar-refractivity contribution in [1.82, 2.24) is 5.32 Å². The number of carbonyl (C=O) groups is 1. The second-order valence-corrected chi connectivity index (χ2v) is 5.80. The highest BCUT2D eigenvalue weighted by Gasteiger charge is 2.27. The van der Waals surface area contributed by atoms with Crippen LogP contribution in [0.3, 0.4) is 0 Å². The summed E-state index contributed by atoms with van der Waals surface area (Å²) in [6.45, 7) is 2.64. The van der Waals surface area contributed by atoms with Gasteiger partial charge in [-0.2, -0.15) is 0 Å². The third-order valence-corrected chi connectivity index (χ3v) is 4.10. The van der Waals surface area contributed by atoms with Crippen LogP contribution in [-0.2, 0) is 11.2 Å². The molecule has 1 saturated carbocycles. The molecule has 0 spiro atoms. The summed E-state index contributed by atoms with van der Waals surface area (Å²) in [4.78, 5) is 12.0. The fraction of sp³-hybridized carbons (Fsp3) is 0.562. The highest BCUT2D eigenvalue weighted by molar-refractivity contribution is 5.79. The van der Waals surface area contributed by atoms with Gasteiger partial charge in [-0.25, -0.2) is 0 Å². The summed E-state index contributed by atoms with van der Waals surface area (Å²) in [7, 11) is 0. The zero-order valence-corrected chi connectivity index (χ0v) is 11.7. The van der Waals surface area contributed by atoms with Gasteiger partial charge in [0.2, 0.25) is 5.91 Å². The first-order chi connectivity index (χ1) is 9.09. The van der Waals surface area contributed by atoms with Gasteiger partial charge in [-0.15, -0.1) is 0 Å². The average molecular weight is 260 g/mol. The van der Waals surface area contributed by atoms with Crippen LogP contribution in [0.1, 0.15) is 43.2 Å². The smallest absolute Gasteiger partial charge is 0.224 e. The first-order valence-electron chi connectivity index (χ1n) is 7.19. The standard InChI is InChI=1S/C16H24N2O/c1-13-7-3-4-8-14(13)11-15(19)18-12-16(17)9-5-2-6-10-16/h3-4,7-8H,2,5-6,9-12,17H2,1H3,(H,18,19). The van der Waals surface area contributed by atoms with Crippen molar-refractivity contribution in [3.8, 4) is 0 Å². The number of benzene rings is 1. The molecule has 1 aromatic carbocycles. The van der Waals surface area contributed by atoms with Crippen LogP contribution in [-0.4, -0.2) is 18.0 Å². The summed E-state index contributed by atoms with van der Waals surface area (Å²) in [6, 6.07) is 8.01. The van der Waals surface area contributed by atoms with Crippen LogP contribution in [0.25, 0.3) is 0 Å². The molecule has 0 aromatic heterocycles. The van der Waals surface area contributed by atoms with Gasteiger partial charge in [0.15, 0.2) is 0 Å². The molecule has 3 nitrogen and oxygen atoms in total. The van der Waals surface area contributed by atoms with Crippen LogP contribution in [0.15, 0.2) is 24.3 Å². The SMILES string of the molecule is Cc1ccccc1CC(=O)NCC1(N)CCCCC1. The first-order valence-corrected chi connectivity index (χ1v) is 7.19. The van der Waals surface area contributed by atoms with Crippen LogP contribution in [0, 0.1) is 6.92 Å².